The molecule has 0 radical (unpaired) electrons. The van der Waals surface area contributed by atoms with Crippen LogP contribution in [0, 0.1) is 0 Å². The molecule has 1 aromatic rings. The minimum absolute atomic E-state index is 0.00391. The Kier molecular flexibility index (Phi) is 5.61. The van der Waals surface area contributed by atoms with E-state index in [1.807, 2.05) is 0 Å². The maximum atomic E-state index is 12.1. The lowest BCUT2D eigenvalue weighted by Gasteiger charge is -2.20. The molecule has 116 valence electrons. The minimum atomic E-state index is -0.818. The molecule has 0 saturated carbocycles. The molecule has 0 aromatic heterocycles. The summed E-state index contributed by atoms with van der Waals surface area (Å²) in [4.78, 5) is 23.6. The molecule has 0 bridgehead atoms. The highest BCUT2D eigenvalue weighted by Crippen LogP contribution is 2.34. The number of carbonyl (C=O) groups excluding carboxylic acids is 2. The van der Waals surface area contributed by atoms with Crippen molar-refractivity contribution in [1.29, 1.82) is 0 Å². The lowest BCUT2D eigenvalue weighted by Crippen LogP contribution is -2.31. The Bertz CT molecular complexity index is 565. The summed E-state index contributed by atoms with van der Waals surface area (Å²) in [5.74, 6) is -1.37. The Labute approximate surface area is 133 Å². The van der Waals surface area contributed by atoms with Crippen LogP contribution < -0.4 is 10.5 Å². The normalized spacial score (nSPS) is 12.7. The van der Waals surface area contributed by atoms with Crippen LogP contribution in [0.4, 0.5) is 0 Å². The van der Waals surface area contributed by atoms with E-state index in [2.05, 4.69) is 0 Å². The van der Waals surface area contributed by atoms with Gasteiger partial charge >= 0.3 is 11.9 Å². The average molecular weight is 334 g/mol. The van der Waals surface area contributed by atoms with E-state index in [4.69, 9.17) is 38.4 Å². The van der Waals surface area contributed by atoms with Crippen LogP contribution in [0.5, 0.6) is 5.75 Å². The molecule has 1 rings (SSSR count). The standard InChI is InChI=1S/C14H17Cl2NO4/c1-7(17)12(18)20-9-6-5-8(15)10(11(9)16)13(19)21-14(2,3)4/h5-7H,17H2,1-4H3/t7-/m0/s1. The number of halogens is 2. The van der Waals surface area contributed by atoms with Crippen molar-refractivity contribution in [1.82, 2.24) is 0 Å². The zero-order chi connectivity index (χ0) is 16.4. The highest BCUT2D eigenvalue weighted by molar-refractivity contribution is 6.40. The molecule has 0 aliphatic heterocycles. The summed E-state index contributed by atoms with van der Waals surface area (Å²) < 4.78 is 10.2. The van der Waals surface area contributed by atoms with Crippen molar-refractivity contribution in [3.63, 3.8) is 0 Å². The smallest absolute Gasteiger partial charge is 0.341 e. The summed E-state index contributed by atoms with van der Waals surface area (Å²) in [6.07, 6.45) is 0. The molecular formula is C14H17Cl2NO4. The van der Waals surface area contributed by atoms with Crippen molar-refractivity contribution in [3.05, 3.63) is 27.7 Å². The van der Waals surface area contributed by atoms with Gasteiger partial charge in [-0.1, -0.05) is 23.2 Å². The van der Waals surface area contributed by atoms with Crippen molar-refractivity contribution in [2.24, 2.45) is 5.73 Å². The molecule has 7 heteroatoms. The fourth-order valence-electron chi connectivity index (χ4n) is 1.33. The summed E-state index contributed by atoms with van der Waals surface area (Å²) in [5, 5.41) is 0.0144. The van der Waals surface area contributed by atoms with Crippen LogP contribution in [0.2, 0.25) is 10.0 Å². The number of carbonyl (C=O) groups is 2. The molecule has 0 aliphatic carbocycles. The van der Waals surface area contributed by atoms with Gasteiger partial charge in [-0.05, 0) is 39.8 Å². The van der Waals surface area contributed by atoms with Crippen molar-refractivity contribution in [2.45, 2.75) is 39.3 Å². The van der Waals surface area contributed by atoms with Gasteiger partial charge in [-0.2, -0.15) is 0 Å². The lowest BCUT2D eigenvalue weighted by atomic mass is 10.1. The Morgan fingerprint density at radius 3 is 2.29 bits per heavy atom. The Hall–Kier alpha value is -1.30. The van der Waals surface area contributed by atoms with E-state index in [-0.39, 0.29) is 21.4 Å². The van der Waals surface area contributed by atoms with Crippen LogP contribution in [0.3, 0.4) is 0 Å². The van der Waals surface area contributed by atoms with E-state index in [9.17, 15) is 9.59 Å². The molecule has 2 N–H and O–H groups in total. The molecule has 21 heavy (non-hydrogen) atoms. The number of hydrogen-bond acceptors (Lipinski definition) is 5. The molecule has 0 heterocycles. The van der Waals surface area contributed by atoms with E-state index in [1.54, 1.807) is 20.8 Å². The SMILES string of the molecule is C[C@H](N)C(=O)Oc1ccc(Cl)c(C(=O)OC(C)(C)C)c1Cl. The van der Waals surface area contributed by atoms with Gasteiger partial charge in [-0.25, -0.2) is 9.59 Å². The van der Waals surface area contributed by atoms with Gasteiger partial charge in [-0.15, -0.1) is 0 Å². The van der Waals surface area contributed by atoms with Gasteiger partial charge in [0.25, 0.3) is 0 Å². The second-order valence-electron chi connectivity index (χ2n) is 5.45. The van der Waals surface area contributed by atoms with Crippen molar-refractivity contribution in [3.8, 4) is 5.75 Å². The Morgan fingerprint density at radius 1 is 1.24 bits per heavy atom. The predicted molar refractivity (Wildman–Crippen MR) is 80.9 cm³/mol. The largest absolute Gasteiger partial charge is 0.456 e. The number of nitrogens with two attached hydrogens (primary N) is 1. The number of rotatable bonds is 3. The molecule has 1 aromatic carbocycles. The van der Waals surface area contributed by atoms with Crippen LogP contribution in [0.15, 0.2) is 12.1 Å². The van der Waals surface area contributed by atoms with E-state index < -0.39 is 23.6 Å². The summed E-state index contributed by atoms with van der Waals surface area (Å²) >= 11 is 12.1. The van der Waals surface area contributed by atoms with Crippen LogP contribution in [-0.4, -0.2) is 23.6 Å². The number of benzene rings is 1. The molecule has 0 unspecified atom stereocenters. The summed E-state index contributed by atoms with van der Waals surface area (Å²) in [7, 11) is 0. The number of ether oxygens (including phenoxy) is 2. The predicted octanol–water partition coefficient (Wildman–Crippen LogP) is 3.20. The zero-order valence-corrected chi connectivity index (χ0v) is 13.7. The molecular weight excluding hydrogens is 317 g/mol. The number of hydrogen-bond donors (Lipinski definition) is 1. The van der Waals surface area contributed by atoms with Crippen LogP contribution in [0.1, 0.15) is 38.1 Å². The summed E-state index contributed by atoms with van der Waals surface area (Å²) in [6.45, 7) is 6.62. The minimum Gasteiger partial charge on any atom is -0.456 e. The van der Waals surface area contributed by atoms with E-state index >= 15 is 0 Å². The van der Waals surface area contributed by atoms with Gasteiger partial charge in [0.1, 0.15) is 17.2 Å². The van der Waals surface area contributed by atoms with E-state index in [0.29, 0.717) is 0 Å². The second-order valence-corrected chi connectivity index (χ2v) is 6.23. The van der Waals surface area contributed by atoms with Crippen molar-refractivity contribution >= 4 is 35.1 Å². The van der Waals surface area contributed by atoms with Gasteiger partial charge in [0, 0.05) is 0 Å². The molecule has 0 saturated heterocycles. The molecule has 0 amide bonds. The lowest BCUT2D eigenvalue weighted by molar-refractivity contribution is -0.135. The highest BCUT2D eigenvalue weighted by atomic mass is 35.5. The van der Waals surface area contributed by atoms with Gasteiger partial charge in [0.15, 0.2) is 5.75 Å². The molecule has 0 spiro atoms. The summed E-state index contributed by atoms with van der Waals surface area (Å²) in [6, 6.07) is 1.97. The maximum absolute atomic E-state index is 12.1. The molecule has 0 fully saturated rings. The Balaban J connectivity index is 3.16. The van der Waals surface area contributed by atoms with Crippen LogP contribution >= 0.6 is 23.2 Å². The number of esters is 2. The third-order valence-electron chi connectivity index (χ3n) is 2.24. The van der Waals surface area contributed by atoms with Gasteiger partial charge in [0.2, 0.25) is 0 Å². The molecule has 5 nitrogen and oxygen atoms in total. The average Bonchev–Trinajstić information content (AvgIpc) is 2.30. The van der Waals surface area contributed by atoms with E-state index in [1.165, 1.54) is 19.1 Å². The van der Waals surface area contributed by atoms with E-state index in [0.717, 1.165) is 0 Å². The van der Waals surface area contributed by atoms with Gasteiger partial charge in [0.05, 0.1) is 10.0 Å². The highest BCUT2D eigenvalue weighted by Gasteiger charge is 2.25. The van der Waals surface area contributed by atoms with Crippen molar-refractivity contribution < 1.29 is 19.1 Å². The first-order valence-electron chi connectivity index (χ1n) is 6.21. The zero-order valence-electron chi connectivity index (χ0n) is 12.2. The Morgan fingerprint density at radius 2 is 1.81 bits per heavy atom. The fourth-order valence-corrected chi connectivity index (χ4v) is 1.89. The van der Waals surface area contributed by atoms with Crippen LogP contribution in [-0.2, 0) is 9.53 Å². The van der Waals surface area contributed by atoms with Gasteiger partial charge in [-0.3, -0.25) is 0 Å². The first kappa shape index (κ1) is 17.8. The monoisotopic (exact) mass is 333 g/mol. The maximum Gasteiger partial charge on any atom is 0.341 e. The quantitative estimate of drug-likeness (QED) is 0.678. The third kappa shape index (κ3) is 4.88. The topological polar surface area (TPSA) is 78.6 Å². The second kappa shape index (κ2) is 6.64. The van der Waals surface area contributed by atoms with Crippen LogP contribution in [0.25, 0.3) is 0 Å². The molecule has 0 aliphatic rings. The molecule has 1 atom stereocenters. The summed E-state index contributed by atoms with van der Waals surface area (Å²) in [5.41, 5.74) is 4.65. The van der Waals surface area contributed by atoms with Gasteiger partial charge < -0.3 is 15.2 Å². The first-order chi connectivity index (χ1) is 9.53. The first-order valence-corrected chi connectivity index (χ1v) is 6.97. The third-order valence-corrected chi connectivity index (χ3v) is 2.93. The van der Waals surface area contributed by atoms with Crippen molar-refractivity contribution in [2.75, 3.05) is 0 Å². The fraction of sp³-hybridized carbons (Fsp3) is 0.429.